The molecular weight excluding hydrogens is 235 g/mol. The van der Waals surface area contributed by atoms with E-state index in [1.165, 1.54) is 11.3 Å². The van der Waals surface area contributed by atoms with E-state index in [4.69, 9.17) is 27.6 Å². The summed E-state index contributed by atoms with van der Waals surface area (Å²) in [4.78, 5) is 10.6. The topological polar surface area (TPSA) is 58.9 Å². The average Bonchev–Trinajstić information content (AvgIpc) is 2.58. The quantitative estimate of drug-likeness (QED) is 0.828. The summed E-state index contributed by atoms with van der Waals surface area (Å²) >= 11 is 12.7. The molecule has 2 heterocycles. The maximum absolute atomic E-state index is 10.6. The first-order chi connectivity index (χ1) is 6.16. The number of thiophene rings is 1. The van der Waals surface area contributed by atoms with Crippen LogP contribution in [0.5, 0.6) is 0 Å². The lowest BCUT2D eigenvalue weighted by molar-refractivity contribution is 0.527. The monoisotopic (exact) mass is 236 g/mol. The summed E-state index contributed by atoms with van der Waals surface area (Å²) in [5, 5.41) is 5.75. The van der Waals surface area contributed by atoms with Gasteiger partial charge in [-0.15, -0.1) is 16.4 Å². The third kappa shape index (κ3) is 1.63. The Morgan fingerprint density at radius 1 is 1.54 bits per heavy atom. The lowest BCUT2D eigenvalue weighted by Crippen LogP contribution is -1.93. The van der Waals surface area contributed by atoms with E-state index in [1.54, 1.807) is 6.07 Å². The molecule has 0 aromatic carbocycles. The van der Waals surface area contributed by atoms with Crippen molar-refractivity contribution in [2.75, 3.05) is 0 Å². The number of rotatable bonds is 1. The molecule has 0 aliphatic heterocycles. The molecule has 0 unspecified atom stereocenters. The van der Waals surface area contributed by atoms with Crippen LogP contribution < -0.4 is 5.76 Å². The van der Waals surface area contributed by atoms with Crippen LogP contribution in [0.4, 0.5) is 0 Å². The summed E-state index contributed by atoms with van der Waals surface area (Å²) in [6.45, 7) is 0. The number of nitrogens with one attached hydrogen (secondary N) is 1. The Hall–Kier alpha value is -0.780. The van der Waals surface area contributed by atoms with E-state index in [0.717, 1.165) is 0 Å². The molecule has 68 valence electrons. The van der Waals surface area contributed by atoms with Crippen molar-refractivity contribution in [1.29, 1.82) is 0 Å². The molecule has 0 radical (unpaired) electrons. The number of H-pyrrole nitrogens is 1. The second kappa shape index (κ2) is 3.17. The van der Waals surface area contributed by atoms with E-state index in [-0.39, 0.29) is 5.89 Å². The second-order valence-corrected chi connectivity index (χ2v) is 4.44. The van der Waals surface area contributed by atoms with Crippen LogP contribution in [0.1, 0.15) is 0 Å². The van der Waals surface area contributed by atoms with Crippen LogP contribution in [0.2, 0.25) is 8.67 Å². The molecule has 1 N–H and O–H groups in total. The maximum atomic E-state index is 10.6. The molecule has 0 saturated heterocycles. The van der Waals surface area contributed by atoms with Crippen molar-refractivity contribution in [2.45, 2.75) is 0 Å². The lowest BCUT2D eigenvalue weighted by atomic mass is 10.3. The maximum Gasteiger partial charge on any atom is 0.434 e. The molecule has 0 spiro atoms. The van der Waals surface area contributed by atoms with Gasteiger partial charge in [-0.1, -0.05) is 23.2 Å². The third-order valence-electron chi connectivity index (χ3n) is 1.33. The van der Waals surface area contributed by atoms with Crippen LogP contribution in [-0.2, 0) is 0 Å². The number of halogens is 2. The highest BCUT2D eigenvalue weighted by Crippen LogP contribution is 2.36. The predicted octanol–water partition coefficient (Wildman–Crippen LogP) is 2.40. The van der Waals surface area contributed by atoms with Crippen molar-refractivity contribution >= 4 is 34.5 Å². The van der Waals surface area contributed by atoms with Gasteiger partial charge in [-0.3, -0.25) is 0 Å². The van der Waals surface area contributed by atoms with Crippen LogP contribution in [0.25, 0.3) is 11.5 Å². The molecule has 7 heteroatoms. The molecular formula is C6H2Cl2N2O2S. The van der Waals surface area contributed by atoms with Gasteiger partial charge in [0.2, 0.25) is 0 Å². The zero-order valence-corrected chi connectivity index (χ0v) is 8.33. The average molecular weight is 237 g/mol. The summed E-state index contributed by atoms with van der Waals surface area (Å²) in [6.07, 6.45) is 0. The van der Waals surface area contributed by atoms with Crippen molar-refractivity contribution < 1.29 is 4.42 Å². The molecule has 2 rings (SSSR count). The standard InChI is InChI=1S/C6H2Cl2N2O2S/c7-3-1-2(4(8)13-3)5-9-10-6(11)12-5/h1H,(H,10,11). The summed E-state index contributed by atoms with van der Waals surface area (Å²) in [7, 11) is 0. The van der Waals surface area contributed by atoms with Gasteiger partial charge in [-0.2, -0.15) is 0 Å². The smallest absolute Gasteiger partial charge is 0.388 e. The van der Waals surface area contributed by atoms with Gasteiger partial charge in [0.05, 0.1) is 9.90 Å². The zero-order valence-electron chi connectivity index (χ0n) is 6.01. The minimum atomic E-state index is -0.617. The fourth-order valence-electron chi connectivity index (χ4n) is 0.831. The molecule has 2 aromatic rings. The van der Waals surface area contributed by atoms with Crippen molar-refractivity contribution in [3.05, 3.63) is 25.3 Å². The van der Waals surface area contributed by atoms with Gasteiger partial charge in [-0.05, 0) is 6.07 Å². The molecule has 13 heavy (non-hydrogen) atoms. The summed E-state index contributed by atoms with van der Waals surface area (Å²) < 4.78 is 5.67. The minimum Gasteiger partial charge on any atom is -0.388 e. The van der Waals surface area contributed by atoms with E-state index in [1.807, 2.05) is 0 Å². The first-order valence-corrected chi connectivity index (χ1v) is 4.75. The Morgan fingerprint density at radius 2 is 2.31 bits per heavy atom. The van der Waals surface area contributed by atoms with Crippen LogP contribution in [0, 0.1) is 0 Å². The molecule has 0 amide bonds. The van der Waals surface area contributed by atoms with Crippen LogP contribution in [-0.4, -0.2) is 10.2 Å². The van der Waals surface area contributed by atoms with Gasteiger partial charge in [-0.25, -0.2) is 9.89 Å². The van der Waals surface area contributed by atoms with Crippen LogP contribution >= 0.6 is 34.5 Å². The Labute approximate surface area is 86.1 Å². The molecule has 0 atom stereocenters. The normalized spacial score (nSPS) is 10.6. The first kappa shape index (κ1) is 8.80. The highest BCUT2D eigenvalue weighted by Gasteiger charge is 2.13. The largest absolute Gasteiger partial charge is 0.434 e. The van der Waals surface area contributed by atoms with Gasteiger partial charge in [0, 0.05) is 0 Å². The number of aromatic amines is 1. The van der Waals surface area contributed by atoms with E-state index >= 15 is 0 Å². The molecule has 0 aliphatic rings. The van der Waals surface area contributed by atoms with Gasteiger partial charge in [0.1, 0.15) is 4.34 Å². The molecule has 0 saturated carbocycles. The van der Waals surface area contributed by atoms with E-state index in [2.05, 4.69) is 10.2 Å². The van der Waals surface area contributed by atoms with E-state index < -0.39 is 5.76 Å². The van der Waals surface area contributed by atoms with Crippen molar-refractivity contribution in [1.82, 2.24) is 10.2 Å². The van der Waals surface area contributed by atoms with Crippen LogP contribution in [0.15, 0.2) is 15.3 Å². The molecule has 0 fully saturated rings. The Balaban J connectivity index is 2.57. The Bertz CT molecular complexity index is 487. The summed E-state index contributed by atoms with van der Waals surface area (Å²) in [6, 6.07) is 1.59. The highest BCUT2D eigenvalue weighted by molar-refractivity contribution is 7.20. The highest BCUT2D eigenvalue weighted by atomic mass is 35.5. The molecule has 0 aliphatic carbocycles. The second-order valence-electron chi connectivity index (χ2n) is 2.16. The Morgan fingerprint density at radius 3 is 2.77 bits per heavy atom. The molecule has 2 aromatic heterocycles. The molecule has 0 bridgehead atoms. The van der Waals surface area contributed by atoms with Crippen molar-refractivity contribution in [2.24, 2.45) is 0 Å². The SMILES string of the molecule is O=c1[nH]nc(-c2cc(Cl)sc2Cl)o1. The van der Waals surface area contributed by atoms with Crippen molar-refractivity contribution in [3.8, 4) is 11.5 Å². The van der Waals surface area contributed by atoms with E-state index in [0.29, 0.717) is 14.2 Å². The van der Waals surface area contributed by atoms with Gasteiger partial charge in [0.25, 0.3) is 5.89 Å². The van der Waals surface area contributed by atoms with Gasteiger partial charge in [0.15, 0.2) is 0 Å². The first-order valence-electron chi connectivity index (χ1n) is 3.17. The van der Waals surface area contributed by atoms with Crippen molar-refractivity contribution in [3.63, 3.8) is 0 Å². The van der Waals surface area contributed by atoms with Crippen LogP contribution in [0.3, 0.4) is 0 Å². The molecule has 4 nitrogen and oxygen atoms in total. The number of hydrogen-bond donors (Lipinski definition) is 1. The minimum absolute atomic E-state index is 0.151. The third-order valence-corrected chi connectivity index (χ3v) is 2.81. The number of nitrogens with zero attached hydrogens (tertiary/aromatic N) is 1. The zero-order chi connectivity index (χ0) is 9.42. The fourth-order valence-corrected chi connectivity index (χ4v) is 2.28. The summed E-state index contributed by atoms with van der Waals surface area (Å²) in [5.41, 5.74) is 0.523. The Kier molecular flexibility index (Phi) is 2.15. The van der Waals surface area contributed by atoms with E-state index in [9.17, 15) is 4.79 Å². The summed E-state index contributed by atoms with van der Waals surface area (Å²) in [5.74, 6) is -0.466. The van der Waals surface area contributed by atoms with Gasteiger partial charge >= 0.3 is 5.76 Å². The van der Waals surface area contributed by atoms with Gasteiger partial charge < -0.3 is 4.42 Å². The number of hydrogen-bond acceptors (Lipinski definition) is 4. The fraction of sp³-hybridized carbons (Fsp3) is 0. The number of aromatic nitrogens is 2. The lowest BCUT2D eigenvalue weighted by Gasteiger charge is -1.85. The predicted molar refractivity (Wildman–Crippen MR) is 50.5 cm³/mol.